The van der Waals surface area contributed by atoms with E-state index < -0.39 is 0 Å². The molecule has 144 valence electrons. The van der Waals surface area contributed by atoms with E-state index in [9.17, 15) is 0 Å². The van der Waals surface area contributed by atoms with Crippen LogP contribution in [-0.4, -0.2) is 68.6 Å². The Labute approximate surface area is 162 Å². The molecule has 5 nitrogen and oxygen atoms in total. The van der Waals surface area contributed by atoms with Gasteiger partial charge in [-0.3, -0.25) is 0 Å². The number of benzene rings is 1. The topological polar surface area (TPSA) is 31.8 Å². The predicted molar refractivity (Wildman–Crippen MR) is 106 cm³/mol. The van der Waals surface area contributed by atoms with Gasteiger partial charge < -0.3 is 24.2 Å². The fraction of sp³-hybridized carbons (Fsp3) is 0.684. The van der Waals surface area contributed by atoms with Gasteiger partial charge in [-0.05, 0) is 22.0 Å². The zero-order chi connectivity index (χ0) is 18.8. The van der Waals surface area contributed by atoms with Gasteiger partial charge in [0, 0.05) is 24.5 Å². The molecule has 0 bridgehead atoms. The van der Waals surface area contributed by atoms with Gasteiger partial charge >= 0.3 is 0 Å². The van der Waals surface area contributed by atoms with E-state index in [0.29, 0.717) is 0 Å². The fourth-order valence-corrected chi connectivity index (χ4v) is 3.57. The smallest absolute Gasteiger partial charge is 0.136 e. The van der Waals surface area contributed by atoms with Gasteiger partial charge in [-0.1, -0.05) is 0 Å². The molecule has 0 radical (unpaired) electrons. The Kier molecular flexibility index (Phi) is 10.4. The Morgan fingerprint density at radius 3 is 1.76 bits per heavy atom. The van der Waals surface area contributed by atoms with Crippen LogP contribution in [0.25, 0.3) is 0 Å². The molecule has 0 spiro atoms. The van der Waals surface area contributed by atoms with E-state index in [4.69, 9.17) is 9.47 Å². The van der Waals surface area contributed by atoms with Gasteiger partial charge in [-0.15, -0.1) is 0 Å². The number of methoxy groups -OCH3 is 2. The normalized spacial score (nSPS) is 11.6. The first-order valence-electron chi connectivity index (χ1n) is 9.19. The van der Waals surface area contributed by atoms with Crippen molar-refractivity contribution in [2.24, 2.45) is 0 Å². The number of rotatable bonds is 12. The van der Waals surface area contributed by atoms with Crippen LogP contribution in [0.1, 0.15) is 18.4 Å². The minimum Gasteiger partial charge on any atom is -0.496 e. The number of hydrogen-bond acceptors (Lipinski definition) is 2. The molecule has 0 saturated heterocycles. The Morgan fingerprint density at radius 1 is 0.800 bits per heavy atom. The third-order valence-electron chi connectivity index (χ3n) is 4.41. The fourth-order valence-electron chi connectivity index (χ4n) is 3.02. The molecule has 0 aliphatic carbocycles. The predicted octanol–water partition coefficient (Wildman–Crippen LogP) is -1.08. The van der Waals surface area contributed by atoms with Gasteiger partial charge in [0.05, 0.1) is 73.1 Å². The standard InChI is InChI=1S/C19H34BrN3O2/c1-21(2)9-7-11-23(12-8-10-22(3)4)15-16-13-17(20)19(25-6)14-18(16)24-5/h13-14H,7-12,15H2,1-6H3/p+3. The van der Waals surface area contributed by atoms with Crippen molar-refractivity contribution in [2.45, 2.75) is 19.4 Å². The summed E-state index contributed by atoms with van der Waals surface area (Å²) < 4.78 is 12.0. The van der Waals surface area contributed by atoms with Gasteiger partial charge in [-0.2, -0.15) is 0 Å². The van der Waals surface area contributed by atoms with Crippen LogP contribution in [0, 0.1) is 0 Å². The number of hydrogen-bond donors (Lipinski definition) is 3. The van der Waals surface area contributed by atoms with E-state index in [1.54, 1.807) is 19.1 Å². The van der Waals surface area contributed by atoms with Crippen molar-refractivity contribution in [3.05, 3.63) is 22.2 Å². The van der Waals surface area contributed by atoms with Gasteiger partial charge in [-0.25, -0.2) is 0 Å². The largest absolute Gasteiger partial charge is 0.496 e. The third kappa shape index (κ3) is 8.40. The van der Waals surface area contributed by atoms with Crippen LogP contribution in [-0.2, 0) is 6.54 Å². The van der Waals surface area contributed by atoms with E-state index in [-0.39, 0.29) is 0 Å². The van der Waals surface area contributed by atoms with Crippen molar-refractivity contribution in [3.8, 4) is 11.5 Å². The van der Waals surface area contributed by atoms with Crippen molar-refractivity contribution in [1.82, 2.24) is 0 Å². The number of ether oxygens (including phenoxy) is 2. The summed E-state index contributed by atoms with van der Waals surface area (Å²) in [5.41, 5.74) is 1.24. The summed E-state index contributed by atoms with van der Waals surface area (Å²) in [7, 11) is 12.3. The molecule has 0 aliphatic rings. The van der Waals surface area contributed by atoms with E-state index in [2.05, 4.69) is 50.2 Å². The molecule has 0 aliphatic heterocycles. The maximum absolute atomic E-state index is 5.61. The average molecular weight is 419 g/mol. The molecule has 0 amide bonds. The summed E-state index contributed by atoms with van der Waals surface area (Å²) in [5.74, 6) is 1.73. The number of quaternary nitrogens is 3. The Balaban J connectivity index is 2.81. The zero-order valence-corrected chi connectivity index (χ0v) is 18.4. The summed E-state index contributed by atoms with van der Waals surface area (Å²) in [6, 6.07) is 4.12. The van der Waals surface area contributed by atoms with Crippen molar-refractivity contribution in [1.29, 1.82) is 0 Å². The molecule has 1 aromatic rings. The van der Waals surface area contributed by atoms with Crippen molar-refractivity contribution >= 4 is 15.9 Å². The van der Waals surface area contributed by atoms with Crippen LogP contribution in [0.2, 0.25) is 0 Å². The van der Waals surface area contributed by atoms with Crippen LogP contribution in [0.15, 0.2) is 16.6 Å². The summed E-state index contributed by atoms with van der Waals surface area (Å²) >= 11 is 3.61. The van der Waals surface area contributed by atoms with Crippen molar-refractivity contribution in [3.63, 3.8) is 0 Å². The molecule has 1 rings (SSSR count). The highest BCUT2D eigenvalue weighted by Crippen LogP contribution is 2.32. The minimum atomic E-state index is 0.814. The molecule has 3 N–H and O–H groups in total. The summed E-state index contributed by atoms with van der Waals surface area (Å²) in [6.45, 7) is 5.80. The second-order valence-electron chi connectivity index (χ2n) is 7.35. The first-order valence-corrected chi connectivity index (χ1v) is 9.98. The average Bonchev–Trinajstić information content (AvgIpc) is 2.54. The molecule has 0 aromatic heterocycles. The van der Waals surface area contributed by atoms with E-state index in [1.807, 2.05) is 6.07 Å². The SMILES string of the molecule is COc1cc(OC)c(C[NH+](CCC[NH+](C)C)CCC[NH+](C)C)cc1Br. The van der Waals surface area contributed by atoms with Gasteiger partial charge in [0.15, 0.2) is 0 Å². The monoisotopic (exact) mass is 418 g/mol. The molecule has 0 saturated carbocycles. The second-order valence-corrected chi connectivity index (χ2v) is 8.20. The Morgan fingerprint density at radius 2 is 1.32 bits per heavy atom. The lowest BCUT2D eigenvalue weighted by molar-refractivity contribution is -0.925. The minimum absolute atomic E-state index is 0.814. The highest BCUT2D eigenvalue weighted by molar-refractivity contribution is 9.10. The van der Waals surface area contributed by atoms with Crippen LogP contribution < -0.4 is 24.2 Å². The van der Waals surface area contributed by atoms with Crippen molar-refractivity contribution < 1.29 is 24.2 Å². The molecule has 0 unspecified atom stereocenters. The molecular weight excluding hydrogens is 382 g/mol. The maximum atomic E-state index is 5.61. The van der Waals surface area contributed by atoms with Gasteiger partial charge in [0.25, 0.3) is 0 Å². The van der Waals surface area contributed by atoms with Crippen LogP contribution >= 0.6 is 15.9 Å². The molecule has 25 heavy (non-hydrogen) atoms. The Hall–Kier alpha value is -0.820. The first-order chi connectivity index (χ1) is 11.9. The Bertz CT molecular complexity index is 496. The molecule has 6 heteroatoms. The lowest BCUT2D eigenvalue weighted by Crippen LogP contribution is -3.13. The van der Waals surface area contributed by atoms with E-state index in [0.717, 1.165) is 22.5 Å². The molecule has 0 atom stereocenters. The highest BCUT2D eigenvalue weighted by atomic mass is 79.9. The lowest BCUT2D eigenvalue weighted by atomic mass is 10.1. The lowest BCUT2D eigenvalue weighted by Gasteiger charge is -2.22. The van der Waals surface area contributed by atoms with Crippen LogP contribution in [0.5, 0.6) is 11.5 Å². The number of nitrogens with one attached hydrogen (secondary N) is 3. The molecule has 0 fully saturated rings. The zero-order valence-electron chi connectivity index (χ0n) is 16.8. The number of halogens is 1. The van der Waals surface area contributed by atoms with Crippen LogP contribution in [0.3, 0.4) is 0 Å². The molecule has 0 heterocycles. The van der Waals surface area contributed by atoms with Gasteiger partial charge in [0.2, 0.25) is 0 Å². The molecule has 1 aromatic carbocycles. The van der Waals surface area contributed by atoms with Gasteiger partial charge in [0.1, 0.15) is 18.0 Å². The first kappa shape index (κ1) is 22.2. The maximum Gasteiger partial charge on any atom is 0.136 e. The van der Waals surface area contributed by atoms with Crippen molar-refractivity contribution in [2.75, 3.05) is 68.6 Å². The molecular formula is C19H37BrN3O2+3. The summed E-state index contributed by atoms with van der Waals surface area (Å²) in [4.78, 5) is 4.65. The quantitative estimate of drug-likeness (QED) is 0.403. The third-order valence-corrected chi connectivity index (χ3v) is 5.03. The summed E-state index contributed by atoms with van der Waals surface area (Å²) in [5, 5.41) is 0. The van der Waals surface area contributed by atoms with E-state index >= 15 is 0 Å². The van der Waals surface area contributed by atoms with Crippen LogP contribution in [0.4, 0.5) is 0 Å². The van der Waals surface area contributed by atoms with E-state index in [1.165, 1.54) is 54.4 Å². The second kappa shape index (κ2) is 11.7. The summed E-state index contributed by atoms with van der Waals surface area (Å²) in [6.07, 6.45) is 2.48. The highest BCUT2D eigenvalue weighted by Gasteiger charge is 2.17.